The van der Waals surface area contributed by atoms with Crippen molar-refractivity contribution in [3.8, 4) is 5.69 Å². The van der Waals surface area contributed by atoms with Crippen LogP contribution in [-0.2, 0) is 0 Å². The van der Waals surface area contributed by atoms with E-state index in [4.69, 9.17) is 0 Å². The Bertz CT molecular complexity index is 834. The molecule has 0 amide bonds. The van der Waals surface area contributed by atoms with Crippen LogP contribution in [0, 0.1) is 3.57 Å². The average Bonchev–Trinajstić information content (AvgIpc) is 3.14. The van der Waals surface area contributed by atoms with E-state index in [-0.39, 0.29) is 12.1 Å². The molecule has 118 valence electrons. The van der Waals surface area contributed by atoms with Crippen LogP contribution >= 0.6 is 22.6 Å². The SMILES string of the molecule is O[C@H]1CC[C@H](Nc2ncc3nnn(-c4ccc(I)cc4)c3n2)C1. The zero-order chi connectivity index (χ0) is 15.8. The van der Waals surface area contributed by atoms with E-state index in [1.165, 1.54) is 0 Å². The van der Waals surface area contributed by atoms with Crippen LogP contribution in [0.1, 0.15) is 19.3 Å². The van der Waals surface area contributed by atoms with Crippen molar-refractivity contribution < 1.29 is 5.11 Å². The molecule has 2 N–H and O–H groups in total. The molecule has 0 saturated heterocycles. The molecule has 1 aliphatic carbocycles. The molecule has 7 nitrogen and oxygen atoms in total. The number of hydrogen-bond acceptors (Lipinski definition) is 6. The number of fused-ring (bicyclic) bond motifs is 1. The van der Waals surface area contributed by atoms with Gasteiger partial charge in [0.05, 0.1) is 18.0 Å². The van der Waals surface area contributed by atoms with E-state index in [9.17, 15) is 5.11 Å². The molecular formula is C15H15IN6O. The molecule has 1 aromatic carbocycles. The molecule has 2 heterocycles. The first-order valence-electron chi connectivity index (χ1n) is 7.48. The molecule has 1 saturated carbocycles. The van der Waals surface area contributed by atoms with Crippen molar-refractivity contribution in [3.05, 3.63) is 34.0 Å². The highest BCUT2D eigenvalue weighted by Gasteiger charge is 2.23. The van der Waals surface area contributed by atoms with Crippen molar-refractivity contribution in [2.45, 2.75) is 31.4 Å². The molecule has 0 unspecified atom stereocenters. The molecule has 4 rings (SSSR count). The Morgan fingerprint density at radius 3 is 2.78 bits per heavy atom. The van der Waals surface area contributed by atoms with Crippen LogP contribution in [0.4, 0.5) is 5.95 Å². The number of aliphatic hydroxyl groups is 1. The minimum atomic E-state index is -0.227. The van der Waals surface area contributed by atoms with Crippen LogP contribution in [0.15, 0.2) is 30.5 Å². The van der Waals surface area contributed by atoms with Crippen LogP contribution in [-0.4, -0.2) is 42.2 Å². The van der Waals surface area contributed by atoms with Gasteiger partial charge >= 0.3 is 0 Å². The summed E-state index contributed by atoms with van der Waals surface area (Å²) >= 11 is 2.27. The molecule has 2 aromatic heterocycles. The van der Waals surface area contributed by atoms with E-state index in [2.05, 4.69) is 48.2 Å². The maximum atomic E-state index is 9.63. The molecule has 0 bridgehead atoms. The standard InChI is InChI=1S/C15H15IN6O/c16-9-1-4-11(5-2-9)22-14-13(20-21-22)8-17-15(19-14)18-10-3-6-12(23)7-10/h1-2,4-5,8,10,12,23H,3,6-7H2,(H,17,18,19)/t10-,12-/m0/s1. The molecule has 0 spiro atoms. The van der Waals surface area contributed by atoms with Gasteiger partial charge in [0.25, 0.3) is 0 Å². The first-order chi connectivity index (χ1) is 11.2. The highest BCUT2D eigenvalue weighted by molar-refractivity contribution is 14.1. The fourth-order valence-corrected chi connectivity index (χ4v) is 3.18. The Kier molecular flexibility index (Phi) is 3.85. The summed E-state index contributed by atoms with van der Waals surface area (Å²) < 4.78 is 2.87. The lowest BCUT2D eigenvalue weighted by Gasteiger charge is -2.11. The molecule has 3 aromatic rings. The number of benzene rings is 1. The number of nitrogens with one attached hydrogen (secondary N) is 1. The highest BCUT2D eigenvalue weighted by atomic mass is 127. The maximum Gasteiger partial charge on any atom is 0.225 e. The molecule has 2 atom stereocenters. The van der Waals surface area contributed by atoms with Crippen molar-refractivity contribution in [2.75, 3.05) is 5.32 Å². The van der Waals surface area contributed by atoms with Crippen molar-refractivity contribution in [1.29, 1.82) is 0 Å². The third-order valence-electron chi connectivity index (χ3n) is 4.00. The number of halogens is 1. The first-order valence-corrected chi connectivity index (χ1v) is 8.56. The lowest BCUT2D eigenvalue weighted by atomic mass is 10.2. The zero-order valence-corrected chi connectivity index (χ0v) is 14.4. The normalized spacial score (nSPS) is 21.0. The average molecular weight is 422 g/mol. The van der Waals surface area contributed by atoms with Gasteiger partial charge in [0, 0.05) is 9.61 Å². The first kappa shape index (κ1) is 14.8. The third kappa shape index (κ3) is 3.00. The van der Waals surface area contributed by atoms with Gasteiger partial charge in [-0.3, -0.25) is 0 Å². The van der Waals surface area contributed by atoms with Gasteiger partial charge in [0.15, 0.2) is 11.2 Å². The zero-order valence-electron chi connectivity index (χ0n) is 12.2. The summed E-state index contributed by atoms with van der Waals surface area (Å²) in [5, 5.41) is 21.2. The molecule has 0 radical (unpaired) electrons. The minimum absolute atomic E-state index is 0.213. The highest BCUT2D eigenvalue weighted by Crippen LogP contribution is 2.22. The molecule has 23 heavy (non-hydrogen) atoms. The van der Waals surface area contributed by atoms with E-state index in [0.29, 0.717) is 17.1 Å². The van der Waals surface area contributed by atoms with E-state index in [1.54, 1.807) is 10.9 Å². The fraction of sp³-hybridized carbons (Fsp3) is 0.333. The van der Waals surface area contributed by atoms with Crippen molar-refractivity contribution >= 4 is 39.7 Å². The summed E-state index contributed by atoms with van der Waals surface area (Å²) in [4.78, 5) is 8.85. The number of anilines is 1. The predicted octanol–water partition coefficient (Wildman–Crippen LogP) is 2.14. The van der Waals surface area contributed by atoms with Gasteiger partial charge in [0.1, 0.15) is 0 Å². The van der Waals surface area contributed by atoms with Gasteiger partial charge in [-0.15, -0.1) is 5.10 Å². The van der Waals surface area contributed by atoms with Crippen molar-refractivity contribution in [2.24, 2.45) is 0 Å². The van der Waals surface area contributed by atoms with Crippen LogP contribution in [0.5, 0.6) is 0 Å². The lowest BCUT2D eigenvalue weighted by molar-refractivity contribution is 0.182. The van der Waals surface area contributed by atoms with Gasteiger partial charge in [0.2, 0.25) is 5.95 Å². The van der Waals surface area contributed by atoms with Crippen LogP contribution in [0.3, 0.4) is 0 Å². The Labute approximate surface area is 146 Å². The second kappa shape index (κ2) is 6.00. The fourth-order valence-electron chi connectivity index (χ4n) is 2.83. The second-order valence-electron chi connectivity index (χ2n) is 5.69. The molecule has 0 aliphatic heterocycles. The van der Waals surface area contributed by atoms with Crippen molar-refractivity contribution in [1.82, 2.24) is 25.0 Å². The minimum Gasteiger partial charge on any atom is -0.393 e. The number of nitrogens with zero attached hydrogens (tertiary/aromatic N) is 5. The number of hydrogen-bond donors (Lipinski definition) is 2. The molecular weight excluding hydrogens is 407 g/mol. The van der Waals surface area contributed by atoms with Crippen LogP contribution in [0.25, 0.3) is 16.9 Å². The van der Waals surface area contributed by atoms with Crippen LogP contribution < -0.4 is 5.32 Å². The molecule has 1 aliphatic rings. The van der Waals surface area contributed by atoms with E-state index in [1.807, 2.05) is 24.3 Å². The summed E-state index contributed by atoms with van der Waals surface area (Å²) in [7, 11) is 0. The van der Waals surface area contributed by atoms with Gasteiger partial charge in [-0.2, -0.15) is 9.67 Å². The monoisotopic (exact) mass is 422 g/mol. The quantitative estimate of drug-likeness (QED) is 0.629. The Morgan fingerprint density at radius 1 is 1.22 bits per heavy atom. The molecule has 1 fully saturated rings. The van der Waals surface area contributed by atoms with Crippen molar-refractivity contribution in [3.63, 3.8) is 0 Å². The second-order valence-corrected chi connectivity index (χ2v) is 6.93. The summed E-state index contributed by atoms with van der Waals surface area (Å²) in [5.41, 5.74) is 2.23. The molecule has 8 heteroatoms. The smallest absolute Gasteiger partial charge is 0.225 e. The van der Waals surface area contributed by atoms with Gasteiger partial charge in [-0.1, -0.05) is 5.21 Å². The number of aromatic nitrogens is 5. The van der Waals surface area contributed by atoms with E-state index >= 15 is 0 Å². The predicted molar refractivity (Wildman–Crippen MR) is 94.4 cm³/mol. The van der Waals surface area contributed by atoms with Gasteiger partial charge in [-0.05, 0) is 66.1 Å². The summed E-state index contributed by atoms with van der Waals surface area (Å²) in [5.74, 6) is 0.547. The summed E-state index contributed by atoms with van der Waals surface area (Å²) in [6.45, 7) is 0. The Morgan fingerprint density at radius 2 is 2.04 bits per heavy atom. The Hall–Kier alpha value is -1.81. The van der Waals surface area contributed by atoms with E-state index < -0.39 is 0 Å². The van der Waals surface area contributed by atoms with Gasteiger partial charge in [-0.25, -0.2) is 4.98 Å². The maximum absolute atomic E-state index is 9.63. The Balaban J connectivity index is 1.67. The van der Waals surface area contributed by atoms with E-state index in [0.717, 1.165) is 28.5 Å². The third-order valence-corrected chi connectivity index (χ3v) is 4.72. The number of rotatable bonds is 3. The lowest BCUT2D eigenvalue weighted by Crippen LogP contribution is -2.18. The topological polar surface area (TPSA) is 88.8 Å². The summed E-state index contributed by atoms with van der Waals surface area (Å²) in [6.07, 6.45) is 3.93. The van der Waals surface area contributed by atoms with Gasteiger partial charge < -0.3 is 10.4 Å². The van der Waals surface area contributed by atoms with Crippen LogP contribution in [0.2, 0.25) is 0 Å². The largest absolute Gasteiger partial charge is 0.393 e. The summed E-state index contributed by atoms with van der Waals surface area (Å²) in [6, 6.07) is 8.22. The number of aliphatic hydroxyl groups excluding tert-OH is 1.